The molecule has 2 unspecified atom stereocenters. The largest absolute Gasteiger partial charge is 0.384 e. The second kappa shape index (κ2) is 4.18. The first kappa shape index (κ1) is 10.3. The Kier molecular flexibility index (Phi) is 2.69. The molecule has 1 fully saturated rings. The zero-order valence-electron chi connectivity index (χ0n) is 9.50. The van der Waals surface area contributed by atoms with Crippen LogP contribution < -0.4 is 5.32 Å². The third-order valence-electron chi connectivity index (χ3n) is 3.73. The predicted octanol–water partition coefficient (Wildman–Crippen LogP) is 1.07. The zero-order valence-corrected chi connectivity index (χ0v) is 9.50. The molecule has 1 aromatic rings. The molecule has 0 aromatic carbocycles. The number of imidazole rings is 1. The number of nitrogens with one attached hydrogen (secondary N) is 2. The van der Waals surface area contributed by atoms with E-state index in [-0.39, 0.29) is 6.04 Å². The number of aliphatic hydroxyl groups excluding tert-OH is 1. The molecule has 3 N–H and O–H groups in total. The van der Waals surface area contributed by atoms with Gasteiger partial charge in [-0.25, -0.2) is 4.98 Å². The number of nitrogens with zero attached hydrogens (tertiary/aromatic N) is 1. The lowest BCUT2D eigenvalue weighted by atomic mass is 9.99. The fourth-order valence-electron chi connectivity index (χ4n) is 2.79. The van der Waals surface area contributed by atoms with E-state index in [0.29, 0.717) is 0 Å². The lowest BCUT2D eigenvalue weighted by Crippen LogP contribution is -2.39. The molecular formula is C12H19N3O. The molecule has 1 aromatic heterocycles. The maximum atomic E-state index is 10.2. The average Bonchev–Trinajstić information content (AvgIpc) is 2.89. The number of hydrogen-bond donors (Lipinski definition) is 3. The number of aryl methyl sites for hydroxylation is 2. The molecule has 0 spiro atoms. The molecule has 1 aliphatic carbocycles. The van der Waals surface area contributed by atoms with Crippen LogP contribution in [0.2, 0.25) is 0 Å². The Morgan fingerprint density at radius 3 is 2.94 bits per heavy atom. The molecule has 2 atom stereocenters. The molecule has 2 aliphatic rings. The Balaban J connectivity index is 1.75. The van der Waals surface area contributed by atoms with E-state index in [0.717, 1.165) is 31.6 Å². The van der Waals surface area contributed by atoms with Crippen LogP contribution >= 0.6 is 0 Å². The van der Waals surface area contributed by atoms with Gasteiger partial charge in [-0.2, -0.15) is 0 Å². The van der Waals surface area contributed by atoms with Gasteiger partial charge in [0.05, 0.1) is 5.69 Å². The minimum atomic E-state index is -0.467. The Morgan fingerprint density at radius 2 is 2.19 bits per heavy atom. The van der Waals surface area contributed by atoms with Crippen molar-refractivity contribution in [2.75, 3.05) is 6.54 Å². The quantitative estimate of drug-likeness (QED) is 0.700. The second-order valence-corrected chi connectivity index (χ2v) is 4.90. The van der Waals surface area contributed by atoms with Crippen molar-refractivity contribution in [2.24, 2.45) is 0 Å². The number of H-pyrrole nitrogens is 1. The molecule has 2 heterocycles. The first-order valence-corrected chi connectivity index (χ1v) is 6.34. The SMILES string of the molecule is OC(c1nc2c([nH]1)CCC2)C1CCCCN1. The van der Waals surface area contributed by atoms with E-state index < -0.39 is 6.10 Å². The van der Waals surface area contributed by atoms with Crippen LogP contribution in [0, 0.1) is 0 Å². The molecule has 1 aliphatic heterocycles. The normalized spacial score (nSPS) is 26.7. The van der Waals surface area contributed by atoms with Crippen LogP contribution in [0.3, 0.4) is 0 Å². The van der Waals surface area contributed by atoms with Gasteiger partial charge in [0, 0.05) is 11.7 Å². The van der Waals surface area contributed by atoms with E-state index in [9.17, 15) is 5.11 Å². The number of aromatic nitrogens is 2. The third kappa shape index (κ3) is 1.76. The summed E-state index contributed by atoms with van der Waals surface area (Å²) >= 11 is 0. The summed E-state index contributed by atoms with van der Waals surface area (Å²) in [6.45, 7) is 1.02. The molecule has 0 amide bonds. The minimum absolute atomic E-state index is 0.181. The van der Waals surface area contributed by atoms with E-state index in [1.54, 1.807) is 0 Å². The molecule has 0 bridgehead atoms. The van der Waals surface area contributed by atoms with Gasteiger partial charge in [-0.05, 0) is 38.6 Å². The molecule has 1 saturated heterocycles. The standard InChI is InChI=1S/C12H19N3O/c16-11(10-4-1-2-7-13-10)12-14-8-5-3-6-9(8)15-12/h10-11,13,16H,1-7H2,(H,14,15). The van der Waals surface area contributed by atoms with Gasteiger partial charge < -0.3 is 15.4 Å². The van der Waals surface area contributed by atoms with Crippen molar-refractivity contribution in [3.05, 3.63) is 17.2 Å². The summed E-state index contributed by atoms with van der Waals surface area (Å²) in [5.41, 5.74) is 2.41. The fraction of sp³-hybridized carbons (Fsp3) is 0.750. The number of hydrogen-bond acceptors (Lipinski definition) is 3. The predicted molar refractivity (Wildman–Crippen MR) is 61.2 cm³/mol. The highest BCUT2D eigenvalue weighted by molar-refractivity contribution is 5.21. The average molecular weight is 221 g/mol. The van der Waals surface area contributed by atoms with Gasteiger partial charge in [-0.3, -0.25) is 0 Å². The molecular weight excluding hydrogens is 202 g/mol. The first-order chi connectivity index (χ1) is 7.84. The van der Waals surface area contributed by atoms with Crippen LogP contribution in [0.1, 0.15) is 49.0 Å². The van der Waals surface area contributed by atoms with Gasteiger partial charge in [0.2, 0.25) is 0 Å². The summed E-state index contributed by atoms with van der Waals surface area (Å²) in [5, 5.41) is 13.6. The van der Waals surface area contributed by atoms with E-state index in [1.165, 1.54) is 30.7 Å². The molecule has 16 heavy (non-hydrogen) atoms. The van der Waals surface area contributed by atoms with Crippen LogP contribution in [-0.2, 0) is 12.8 Å². The van der Waals surface area contributed by atoms with E-state index in [4.69, 9.17) is 0 Å². The topological polar surface area (TPSA) is 60.9 Å². The lowest BCUT2D eigenvalue weighted by molar-refractivity contribution is 0.106. The van der Waals surface area contributed by atoms with Crippen LogP contribution in [0.25, 0.3) is 0 Å². The van der Waals surface area contributed by atoms with E-state index in [2.05, 4.69) is 15.3 Å². The number of aliphatic hydroxyl groups is 1. The zero-order chi connectivity index (χ0) is 11.0. The summed E-state index contributed by atoms with van der Waals surface area (Å²) < 4.78 is 0. The molecule has 3 rings (SSSR count). The highest BCUT2D eigenvalue weighted by atomic mass is 16.3. The number of rotatable bonds is 2. The first-order valence-electron chi connectivity index (χ1n) is 6.34. The number of fused-ring (bicyclic) bond motifs is 1. The van der Waals surface area contributed by atoms with Crippen LogP contribution in [0.4, 0.5) is 0 Å². The smallest absolute Gasteiger partial charge is 0.137 e. The van der Waals surface area contributed by atoms with Crippen molar-refractivity contribution in [1.29, 1.82) is 0 Å². The highest BCUT2D eigenvalue weighted by Crippen LogP contribution is 2.25. The van der Waals surface area contributed by atoms with Crippen LogP contribution in [0.5, 0.6) is 0 Å². The summed E-state index contributed by atoms with van der Waals surface area (Å²) in [7, 11) is 0. The second-order valence-electron chi connectivity index (χ2n) is 4.90. The molecule has 88 valence electrons. The number of piperidine rings is 1. The van der Waals surface area contributed by atoms with Gasteiger partial charge in [-0.15, -0.1) is 0 Å². The summed E-state index contributed by atoms with van der Waals surface area (Å²) in [6.07, 6.45) is 6.36. The molecule has 0 radical (unpaired) electrons. The van der Waals surface area contributed by atoms with Crippen molar-refractivity contribution in [1.82, 2.24) is 15.3 Å². The Bertz CT molecular complexity index is 347. The van der Waals surface area contributed by atoms with Crippen molar-refractivity contribution in [3.63, 3.8) is 0 Å². The summed E-state index contributed by atoms with van der Waals surface area (Å²) in [5.74, 6) is 0.768. The van der Waals surface area contributed by atoms with E-state index in [1.807, 2.05) is 0 Å². The Labute approximate surface area is 95.5 Å². The monoisotopic (exact) mass is 221 g/mol. The fourth-order valence-corrected chi connectivity index (χ4v) is 2.79. The van der Waals surface area contributed by atoms with Gasteiger partial charge in [0.15, 0.2) is 0 Å². The third-order valence-corrected chi connectivity index (χ3v) is 3.73. The van der Waals surface area contributed by atoms with Gasteiger partial charge in [0.25, 0.3) is 0 Å². The molecule has 4 nitrogen and oxygen atoms in total. The Hall–Kier alpha value is -0.870. The van der Waals surface area contributed by atoms with Crippen LogP contribution in [0.15, 0.2) is 0 Å². The van der Waals surface area contributed by atoms with E-state index >= 15 is 0 Å². The van der Waals surface area contributed by atoms with Crippen molar-refractivity contribution >= 4 is 0 Å². The lowest BCUT2D eigenvalue weighted by Gasteiger charge is -2.26. The van der Waals surface area contributed by atoms with Gasteiger partial charge >= 0.3 is 0 Å². The Morgan fingerprint density at radius 1 is 1.25 bits per heavy atom. The van der Waals surface area contributed by atoms with Gasteiger partial charge in [0.1, 0.15) is 11.9 Å². The van der Waals surface area contributed by atoms with Gasteiger partial charge in [-0.1, -0.05) is 6.42 Å². The van der Waals surface area contributed by atoms with Crippen molar-refractivity contribution < 1.29 is 5.11 Å². The van der Waals surface area contributed by atoms with Crippen molar-refractivity contribution in [3.8, 4) is 0 Å². The maximum absolute atomic E-state index is 10.2. The maximum Gasteiger partial charge on any atom is 0.137 e. The minimum Gasteiger partial charge on any atom is -0.384 e. The summed E-state index contributed by atoms with van der Waals surface area (Å²) in [6, 6.07) is 0.181. The van der Waals surface area contributed by atoms with Crippen LogP contribution in [-0.4, -0.2) is 27.7 Å². The highest BCUT2D eigenvalue weighted by Gasteiger charge is 2.27. The summed E-state index contributed by atoms with van der Waals surface area (Å²) in [4.78, 5) is 7.81. The number of aromatic amines is 1. The molecule has 0 saturated carbocycles. The molecule has 4 heteroatoms. The van der Waals surface area contributed by atoms with Crippen molar-refractivity contribution in [2.45, 2.75) is 50.7 Å².